The van der Waals surface area contributed by atoms with Gasteiger partial charge in [-0.05, 0) is 25.0 Å². The number of fused-ring (bicyclic) bond motifs is 1. The molecule has 112 valence electrons. The monoisotopic (exact) mass is 335 g/mol. The van der Waals surface area contributed by atoms with Crippen LogP contribution in [0.1, 0.15) is 18.9 Å². The maximum absolute atomic E-state index is 6.14. The van der Waals surface area contributed by atoms with E-state index in [0.717, 1.165) is 18.5 Å². The molecule has 0 unspecified atom stereocenters. The van der Waals surface area contributed by atoms with Gasteiger partial charge in [-0.15, -0.1) is 0 Å². The van der Waals surface area contributed by atoms with Crippen molar-refractivity contribution in [3.63, 3.8) is 0 Å². The minimum absolute atomic E-state index is 0.304. The second-order valence-corrected chi connectivity index (χ2v) is 5.96. The molecule has 1 aliphatic carbocycles. The van der Waals surface area contributed by atoms with Crippen LogP contribution in [0.5, 0.6) is 11.6 Å². The predicted molar refractivity (Wildman–Crippen MR) is 84.5 cm³/mol. The summed E-state index contributed by atoms with van der Waals surface area (Å²) in [6.07, 6.45) is 5.48. The molecule has 1 saturated carbocycles. The Hall–Kier alpha value is -2.05. The van der Waals surface area contributed by atoms with Crippen LogP contribution in [0, 0.1) is 0 Å². The summed E-state index contributed by atoms with van der Waals surface area (Å²) in [5, 5.41) is 0.636. The maximum Gasteiger partial charge on any atom is 0.251 e. The minimum Gasteiger partial charge on any atom is -0.434 e. The van der Waals surface area contributed by atoms with E-state index in [1.807, 2.05) is 4.57 Å². The molecule has 0 spiro atoms. The molecule has 3 aromatic rings. The number of anilines is 1. The fourth-order valence-corrected chi connectivity index (χ4v) is 2.88. The van der Waals surface area contributed by atoms with Gasteiger partial charge in [0.2, 0.25) is 0 Å². The third-order valence-electron chi connectivity index (χ3n) is 3.48. The molecule has 2 heterocycles. The SMILES string of the molecule is Nc1cc(Cl)c(Oc2ncnc3c2ncn3C2CC2)c(Cl)c1. The van der Waals surface area contributed by atoms with Crippen molar-refractivity contribution < 1.29 is 4.74 Å². The molecule has 2 N–H and O–H groups in total. The summed E-state index contributed by atoms with van der Waals surface area (Å²) >= 11 is 12.3. The Morgan fingerprint density at radius 3 is 2.55 bits per heavy atom. The van der Waals surface area contributed by atoms with E-state index in [1.165, 1.54) is 6.33 Å². The Balaban J connectivity index is 1.79. The predicted octanol–water partition coefficient (Wildman–Crippen LogP) is 3.84. The van der Waals surface area contributed by atoms with Crippen LogP contribution >= 0.6 is 23.2 Å². The highest BCUT2D eigenvalue weighted by Crippen LogP contribution is 2.40. The molecule has 0 atom stereocenters. The van der Waals surface area contributed by atoms with Crippen molar-refractivity contribution in [1.82, 2.24) is 19.5 Å². The van der Waals surface area contributed by atoms with E-state index in [0.29, 0.717) is 38.9 Å². The second kappa shape index (κ2) is 5.00. The molecule has 1 aromatic carbocycles. The first-order chi connectivity index (χ1) is 10.6. The number of rotatable bonds is 3. The number of imidazole rings is 1. The number of halogens is 2. The van der Waals surface area contributed by atoms with Crippen molar-refractivity contribution in [2.75, 3.05) is 5.73 Å². The highest BCUT2D eigenvalue weighted by molar-refractivity contribution is 6.37. The van der Waals surface area contributed by atoms with E-state index >= 15 is 0 Å². The largest absolute Gasteiger partial charge is 0.434 e. The van der Waals surface area contributed by atoms with Crippen LogP contribution in [0.4, 0.5) is 5.69 Å². The van der Waals surface area contributed by atoms with Crippen molar-refractivity contribution in [3.05, 3.63) is 34.8 Å². The van der Waals surface area contributed by atoms with E-state index in [-0.39, 0.29) is 0 Å². The van der Waals surface area contributed by atoms with Gasteiger partial charge in [-0.25, -0.2) is 9.97 Å². The first kappa shape index (κ1) is 13.6. The van der Waals surface area contributed by atoms with Gasteiger partial charge in [-0.3, -0.25) is 0 Å². The van der Waals surface area contributed by atoms with Gasteiger partial charge in [0.15, 0.2) is 16.9 Å². The zero-order valence-corrected chi connectivity index (χ0v) is 12.8. The van der Waals surface area contributed by atoms with Gasteiger partial charge in [0.25, 0.3) is 5.88 Å². The normalized spacial score (nSPS) is 14.5. The average molecular weight is 336 g/mol. The number of nitrogens with zero attached hydrogens (tertiary/aromatic N) is 4. The fourth-order valence-electron chi connectivity index (χ4n) is 2.30. The Bertz CT molecular complexity index is 852. The van der Waals surface area contributed by atoms with Gasteiger partial charge >= 0.3 is 0 Å². The third kappa shape index (κ3) is 2.24. The average Bonchev–Trinajstić information content (AvgIpc) is 3.22. The van der Waals surface area contributed by atoms with Gasteiger partial charge in [-0.1, -0.05) is 23.2 Å². The molecule has 2 aromatic heterocycles. The Morgan fingerprint density at radius 1 is 1.14 bits per heavy atom. The second-order valence-electron chi connectivity index (χ2n) is 5.15. The zero-order chi connectivity index (χ0) is 15.3. The van der Waals surface area contributed by atoms with Gasteiger partial charge in [0.05, 0.1) is 16.4 Å². The topological polar surface area (TPSA) is 78.8 Å². The molecule has 1 fully saturated rings. The van der Waals surface area contributed by atoms with E-state index in [2.05, 4.69) is 15.0 Å². The molecule has 0 bridgehead atoms. The van der Waals surface area contributed by atoms with E-state index in [4.69, 9.17) is 33.7 Å². The Kier molecular flexibility index (Phi) is 3.09. The van der Waals surface area contributed by atoms with Crippen molar-refractivity contribution in [3.8, 4) is 11.6 Å². The van der Waals surface area contributed by atoms with Crippen LogP contribution in [-0.2, 0) is 0 Å². The van der Waals surface area contributed by atoms with Crippen LogP contribution in [0.15, 0.2) is 24.8 Å². The number of benzene rings is 1. The number of nitrogens with two attached hydrogens (primary N) is 1. The van der Waals surface area contributed by atoms with Crippen LogP contribution in [0.2, 0.25) is 10.0 Å². The molecule has 22 heavy (non-hydrogen) atoms. The number of aromatic nitrogens is 4. The van der Waals surface area contributed by atoms with E-state index < -0.39 is 0 Å². The standard InChI is InChI=1S/C14H11Cl2N5O/c15-9-3-7(17)4-10(16)12(9)22-14-11-13(18-5-19-14)21(6-20-11)8-1-2-8/h3-6,8H,1-2,17H2. The van der Waals surface area contributed by atoms with Gasteiger partial charge in [0.1, 0.15) is 6.33 Å². The van der Waals surface area contributed by atoms with Gasteiger partial charge in [-0.2, -0.15) is 4.98 Å². The molecule has 8 heteroatoms. The fraction of sp³-hybridized carbons (Fsp3) is 0.214. The molecular weight excluding hydrogens is 325 g/mol. The van der Waals surface area contributed by atoms with Crippen LogP contribution < -0.4 is 10.5 Å². The number of nitrogen functional groups attached to an aromatic ring is 1. The molecule has 0 radical (unpaired) electrons. The summed E-state index contributed by atoms with van der Waals surface area (Å²) in [5.74, 6) is 0.622. The molecule has 0 aliphatic heterocycles. The number of hydrogen-bond donors (Lipinski definition) is 1. The molecule has 6 nitrogen and oxygen atoms in total. The third-order valence-corrected chi connectivity index (χ3v) is 4.05. The zero-order valence-electron chi connectivity index (χ0n) is 11.3. The maximum atomic E-state index is 6.14. The summed E-state index contributed by atoms with van der Waals surface area (Å²) < 4.78 is 7.81. The number of hydrogen-bond acceptors (Lipinski definition) is 5. The summed E-state index contributed by atoms with van der Waals surface area (Å²) in [6.45, 7) is 0. The summed E-state index contributed by atoms with van der Waals surface area (Å²) in [7, 11) is 0. The lowest BCUT2D eigenvalue weighted by Crippen LogP contribution is -1.96. The van der Waals surface area contributed by atoms with Crippen molar-refractivity contribution >= 4 is 40.1 Å². The quantitative estimate of drug-likeness (QED) is 0.735. The van der Waals surface area contributed by atoms with Crippen LogP contribution in [-0.4, -0.2) is 19.5 Å². The minimum atomic E-state index is 0.304. The van der Waals surface area contributed by atoms with E-state index in [9.17, 15) is 0 Å². The lowest BCUT2D eigenvalue weighted by atomic mass is 10.3. The molecule has 1 aliphatic rings. The number of ether oxygens (including phenoxy) is 1. The molecule has 0 saturated heterocycles. The first-order valence-electron chi connectivity index (χ1n) is 6.73. The van der Waals surface area contributed by atoms with Crippen molar-refractivity contribution in [2.45, 2.75) is 18.9 Å². The first-order valence-corrected chi connectivity index (χ1v) is 7.49. The molecular formula is C14H11Cl2N5O. The van der Waals surface area contributed by atoms with Crippen LogP contribution in [0.3, 0.4) is 0 Å². The Labute approximate surface area is 135 Å². The molecule has 0 amide bonds. The Morgan fingerprint density at radius 2 is 1.86 bits per heavy atom. The smallest absolute Gasteiger partial charge is 0.251 e. The molecule has 4 rings (SSSR count). The summed E-state index contributed by atoms with van der Waals surface area (Å²) in [5.41, 5.74) is 7.48. The highest BCUT2D eigenvalue weighted by atomic mass is 35.5. The van der Waals surface area contributed by atoms with Crippen molar-refractivity contribution in [2.24, 2.45) is 0 Å². The van der Waals surface area contributed by atoms with Gasteiger partial charge in [0, 0.05) is 11.7 Å². The summed E-state index contributed by atoms with van der Waals surface area (Å²) in [6, 6.07) is 3.62. The van der Waals surface area contributed by atoms with E-state index in [1.54, 1.807) is 18.5 Å². The van der Waals surface area contributed by atoms with Gasteiger partial charge < -0.3 is 15.0 Å². The van der Waals surface area contributed by atoms with Crippen LogP contribution in [0.25, 0.3) is 11.2 Å². The lowest BCUT2D eigenvalue weighted by Gasteiger charge is -2.09. The van der Waals surface area contributed by atoms with Crippen molar-refractivity contribution in [1.29, 1.82) is 0 Å². The highest BCUT2D eigenvalue weighted by Gasteiger charge is 2.26. The summed E-state index contributed by atoms with van der Waals surface area (Å²) in [4.78, 5) is 12.8. The lowest BCUT2D eigenvalue weighted by molar-refractivity contribution is 0.467.